The van der Waals surface area contributed by atoms with Crippen LogP contribution in [-0.4, -0.2) is 30.0 Å². The second-order valence-corrected chi connectivity index (χ2v) is 8.06. The number of benzene rings is 2. The molecule has 166 valence electrons. The van der Waals surface area contributed by atoms with E-state index in [2.05, 4.69) is 10.3 Å². The van der Waals surface area contributed by atoms with E-state index < -0.39 is 18.6 Å². The highest BCUT2D eigenvalue weighted by Gasteiger charge is 2.32. The molecule has 2 amide bonds. The van der Waals surface area contributed by atoms with Gasteiger partial charge in [-0.2, -0.15) is 13.2 Å². The Balaban J connectivity index is 1.47. The Morgan fingerprint density at radius 1 is 1.19 bits per heavy atom. The molecule has 1 N–H and O–H groups in total. The number of hydrogen-bond acceptors (Lipinski definition) is 4. The van der Waals surface area contributed by atoms with Crippen molar-refractivity contribution in [1.29, 1.82) is 0 Å². The largest absolute Gasteiger partial charge is 0.439 e. The van der Waals surface area contributed by atoms with Gasteiger partial charge >= 0.3 is 12.2 Å². The molecule has 0 aliphatic carbocycles. The van der Waals surface area contributed by atoms with E-state index in [1.807, 2.05) is 18.2 Å². The van der Waals surface area contributed by atoms with Crippen molar-refractivity contribution in [3.05, 3.63) is 71.9 Å². The van der Waals surface area contributed by atoms with Gasteiger partial charge < -0.3 is 10.1 Å². The summed E-state index contributed by atoms with van der Waals surface area (Å²) in [6.45, 7) is 0.396. The van der Waals surface area contributed by atoms with Gasteiger partial charge in [-0.15, -0.1) is 11.8 Å². The Morgan fingerprint density at radius 2 is 1.97 bits per heavy atom. The molecule has 0 saturated carbocycles. The second kappa shape index (κ2) is 9.12. The first-order valence-corrected chi connectivity index (χ1v) is 11.1. The van der Waals surface area contributed by atoms with Gasteiger partial charge in [0, 0.05) is 23.2 Å². The number of carbonyl (C=O) groups is 1. The van der Waals surface area contributed by atoms with Gasteiger partial charge in [-0.25, -0.2) is 9.78 Å². The number of rotatable bonds is 5. The number of anilines is 2. The van der Waals surface area contributed by atoms with Gasteiger partial charge in [0.15, 0.2) is 0 Å². The van der Waals surface area contributed by atoms with Gasteiger partial charge in [0.05, 0.1) is 18.3 Å². The maximum Gasteiger partial charge on any atom is 0.393 e. The summed E-state index contributed by atoms with van der Waals surface area (Å²) in [5, 5.41) is 2.75. The molecule has 0 bridgehead atoms. The van der Waals surface area contributed by atoms with Crippen LogP contribution in [0.25, 0.3) is 0 Å². The zero-order valence-corrected chi connectivity index (χ0v) is 18.0. The predicted octanol–water partition coefficient (Wildman–Crippen LogP) is 6.30. The number of aromatic nitrogens is 1. The van der Waals surface area contributed by atoms with E-state index in [9.17, 15) is 18.0 Å². The van der Waals surface area contributed by atoms with E-state index in [1.54, 1.807) is 36.6 Å². The number of para-hydroxylation sites is 1. The van der Waals surface area contributed by atoms with Crippen molar-refractivity contribution in [1.82, 2.24) is 4.98 Å². The molecule has 2 aromatic carbocycles. The van der Waals surface area contributed by atoms with Crippen molar-refractivity contribution in [2.45, 2.75) is 23.9 Å². The van der Waals surface area contributed by atoms with Crippen LogP contribution < -0.4 is 15.0 Å². The number of pyridine rings is 1. The van der Waals surface area contributed by atoms with Crippen molar-refractivity contribution in [3.63, 3.8) is 0 Å². The minimum absolute atomic E-state index is 0.174. The number of amides is 2. The highest BCUT2D eigenvalue weighted by molar-refractivity contribution is 7.98. The van der Waals surface area contributed by atoms with Crippen molar-refractivity contribution in [3.8, 4) is 11.6 Å². The van der Waals surface area contributed by atoms with Gasteiger partial charge in [-0.05, 0) is 54.1 Å². The van der Waals surface area contributed by atoms with Gasteiger partial charge in [-0.3, -0.25) is 4.90 Å². The van der Waals surface area contributed by atoms with Gasteiger partial charge in [0.25, 0.3) is 0 Å². The molecule has 9 heteroatoms. The van der Waals surface area contributed by atoms with Crippen LogP contribution >= 0.6 is 11.8 Å². The fourth-order valence-corrected chi connectivity index (χ4v) is 4.18. The summed E-state index contributed by atoms with van der Waals surface area (Å²) in [5.74, 6) is 1.02. The summed E-state index contributed by atoms with van der Waals surface area (Å²) in [5.41, 5.74) is 2.00. The molecule has 1 aromatic heterocycles. The van der Waals surface area contributed by atoms with Crippen LogP contribution in [0.1, 0.15) is 11.1 Å². The molecule has 0 atom stereocenters. The molecule has 1 aliphatic rings. The lowest BCUT2D eigenvalue weighted by Gasteiger charge is -2.20. The lowest BCUT2D eigenvalue weighted by atomic mass is 10.1. The Hall–Kier alpha value is -3.20. The predicted molar refractivity (Wildman–Crippen MR) is 119 cm³/mol. The van der Waals surface area contributed by atoms with E-state index >= 15 is 0 Å². The Kier molecular flexibility index (Phi) is 6.27. The smallest absolute Gasteiger partial charge is 0.393 e. The molecule has 5 nitrogen and oxygen atoms in total. The normalized spacial score (nSPS) is 13.1. The molecule has 3 aromatic rings. The number of fused-ring (bicyclic) bond motifs is 1. The fourth-order valence-electron chi connectivity index (χ4n) is 3.53. The first kappa shape index (κ1) is 22.0. The number of nitrogens with zero attached hydrogens (tertiary/aromatic N) is 2. The van der Waals surface area contributed by atoms with Crippen LogP contribution in [-0.2, 0) is 12.8 Å². The number of ether oxygens (including phenoxy) is 1. The van der Waals surface area contributed by atoms with Crippen molar-refractivity contribution >= 4 is 29.2 Å². The van der Waals surface area contributed by atoms with Crippen molar-refractivity contribution in [2.24, 2.45) is 0 Å². The number of nitrogens with one attached hydrogen (secondary N) is 1. The quantitative estimate of drug-likeness (QED) is 0.455. The third-order valence-corrected chi connectivity index (χ3v) is 5.79. The number of carbonyl (C=O) groups excluding carboxylic acids is 1. The highest BCUT2D eigenvalue weighted by Crippen LogP contribution is 2.37. The number of alkyl halides is 3. The molecule has 0 spiro atoms. The third kappa shape index (κ3) is 5.16. The SMILES string of the molecule is CSc1cc2c(cc1CC(F)(F)F)N(C(=O)Nc1ccc(Oc3ccccc3)nc1)CC2. The minimum Gasteiger partial charge on any atom is -0.439 e. The topological polar surface area (TPSA) is 54.5 Å². The summed E-state index contributed by atoms with van der Waals surface area (Å²) in [7, 11) is 0. The highest BCUT2D eigenvalue weighted by atomic mass is 32.2. The third-order valence-electron chi connectivity index (χ3n) is 4.97. The molecule has 2 heterocycles. The Labute approximate surface area is 187 Å². The monoisotopic (exact) mass is 459 g/mol. The summed E-state index contributed by atoms with van der Waals surface area (Å²) < 4.78 is 44.6. The van der Waals surface area contributed by atoms with E-state index in [4.69, 9.17) is 4.74 Å². The molecular formula is C23H20F3N3O2S. The lowest BCUT2D eigenvalue weighted by molar-refractivity contribution is -0.127. The van der Waals surface area contributed by atoms with Crippen molar-refractivity contribution in [2.75, 3.05) is 23.0 Å². The summed E-state index contributed by atoms with van der Waals surface area (Å²) >= 11 is 1.28. The van der Waals surface area contributed by atoms with E-state index in [0.717, 1.165) is 5.56 Å². The number of urea groups is 1. The number of thioether (sulfide) groups is 1. The van der Waals surface area contributed by atoms with Crippen molar-refractivity contribution < 1.29 is 22.7 Å². The van der Waals surface area contributed by atoms with E-state index in [1.165, 1.54) is 28.9 Å². The summed E-state index contributed by atoms with van der Waals surface area (Å²) in [6.07, 6.45) is -1.54. The molecule has 0 saturated heterocycles. The average Bonchev–Trinajstić information content (AvgIpc) is 3.17. The number of halogens is 3. The molecule has 1 aliphatic heterocycles. The average molecular weight is 459 g/mol. The Morgan fingerprint density at radius 3 is 2.62 bits per heavy atom. The standard InChI is InChI=1S/C23H20F3N3O2S/c1-32-20-12-15-9-10-29(19(15)11-16(20)13-23(24,25)26)22(30)28-17-7-8-21(27-14-17)31-18-5-3-2-4-6-18/h2-8,11-12,14H,9-10,13H2,1H3,(H,28,30). The summed E-state index contributed by atoms with van der Waals surface area (Å²) in [6, 6.07) is 15.3. The van der Waals surface area contributed by atoms with Gasteiger partial charge in [-0.1, -0.05) is 18.2 Å². The second-order valence-electron chi connectivity index (χ2n) is 7.22. The lowest BCUT2D eigenvalue weighted by Crippen LogP contribution is -2.33. The first-order valence-electron chi connectivity index (χ1n) is 9.86. The van der Waals surface area contributed by atoms with Gasteiger partial charge in [0.2, 0.25) is 5.88 Å². The minimum atomic E-state index is -4.32. The Bertz CT molecular complexity index is 1110. The summed E-state index contributed by atoms with van der Waals surface area (Å²) in [4.78, 5) is 19.1. The molecule has 32 heavy (non-hydrogen) atoms. The molecule has 0 unspecified atom stereocenters. The first-order chi connectivity index (χ1) is 15.3. The molecular weight excluding hydrogens is 439 g/mol. The molecule has 4 rings (SSSR count). The maximum atomic E-state index is 13.0. The van der Waals surface area contributed by atoms with E-state index in [-0.39, 0.29) is 5.56 Å². The van der Waals surface area contributed by atoms with Crippen LogP contribution in [0.15, 0.2) is 65.7 Å². The zero-order valence-electron chi connectivity index (χ0n) is 17.1. The van der Waals surface area contributed by atoms with Crippen LogP contribution in [0, 0.1) is 0 Å². The fraction of sp³-hybridized carbons (Fsp3) is 0.217. The number of hydrogen-bond donors (Lipinski definition) is 1. The molecule has 0 radical (unpaired) electrons. The van der Waals surface area contributed by atoms with Crippen LogP contribution in [0.2, 0.25) is 0 Å². The maximum absolute atomic E-state index is 13.0. The van der Waals surface area contributed by atoms with E-state index in [0.29, 0.717) is 40.9 Å². The zero-order chi connectivity index (χ0) is 22.7. The van der Waals surface area contributed by atoms with Crippen LogP contribution in [0.5, 0.6) is 11.6 Å². The molecule has 0 fully saturated rings. The van der Waals surface area contributed by atoms with Crippen LogP contribution in [0.4, 0.5) is 29.3 Å². The van der Waals surface area contributed by atoms with Crippen LogP contribution in [0.3, 0.4) is 0 Å². The van der Waals surface area contributed by atoms with Gasteiger partial charge in [0.1, 0.15) is 5.75 Å².